The highest BCUT2D eigenvalue weighted by Crippen LogP contribution is 2.26. The van der Waals surface area contributed by atoms with Crippen molar-refractivity contribution in [1.82, 2.24) is 10.2 Å². The maximum Gasteiger partial charge on any atom is 0.329 e. The van der Waals surface area contributed by atoms with E-state index in [0.29, 0.717) is 0 Å². The lowest BCUT2D eigenvalue weighted by Crippen LogP contribution is -2.44. The van der Waals surface area contributed by atoms with Gasteiger partial charge in [0.1, 0.15) is 6.04 Å². The van der Waals surface area contributed by atoms with E-state index >= 15 is 0 Å². The van der Waals surface area contributed by atoms with E-state index in [1.165, 1.54) is 6.92 Å². The van der Waals surface area contributed by atoms with Crippen LogP contribution >= 0.6 is 0 Å². The Morgan fingerprint density at radius 1 is 1.03 bits per heavy atom. The van der Waals surface area contributed by atoms with Gasteiger partial charge in [0.2, 0.25) is 0 Å². The number of hydrogen-bond donors (Lipinski definition) is 1. The molecule has 7 nitrogen and oxygen atoms in total. The summed E-state index contributed by atoms with van der Waals surface area (Å²) in [6, 6.07) is 13.2. The van der Waals surface area contributed by atoms with E-state index in [1.54, 1.807) is 18.2 Å². The topological polar surface area (TPSA) is 92.8 Å². The van der Waals surface area contributed by atoms with Crippen LogP contribution in [0.15, 0.2) is 48.5 Å². The highest BCUT2D eigenvalue weighted by Gasteiger charge is 2.41. The van der Waals surface area contributed by atoms with Crippen molar-refractivity contribution in [2.75, 3.05) is 6.61 Å². The number of hydrogen-bond acceptors (Lipinski definition) is 5. The zero-order valence-electron chi connectivity index (χ0n) is 17.9. The maximum absolute atomic E-state index is 12.6. The van der Waals surface area contributed by atoms with Crippen LogP contribution in [-0.2, 0) is 14.3 Å². The van der Waals surface area contributed by atoms with E-state index in [2.05, 4.69) is 5.32 Å². The number of ether oxygens (including phenoxy) is 1. The molecule has 0 bridgehead atoms. The van der Waals surface area contributed by atoms with Gasteiger partial charge in [0, 0.05) is 0 Å². The minimum atomic E-state index is -1.14. The number of fused-ring (bicyclic) bond motifs is 1. The Kier molecular flexibility index (Phi) is 6.84. The molecule has 0 radical (unpaired) electrons. The molecule has 162 valence electrons. The van der Waals surface area contributed by atoms with Crippen LogP contribution in [-0.4, -0.2) is 41.2 Å². The molecule has 3 amide bonds. The van der Waals surface area contributed by atoms with E-state index in [1.807, 2.05) is 44.2 Å². The van der Waals surface area contributed by atoms with Crippen molar-refractivity contribution in [2.24, 2.45) is 0 Å². The van der Waals surface area contributed by atoms with Gasteiger partial charge in [0.25, 0.3) is 17.7 Å². The molecule has 0 spiro atoms. The summed E-state index contributed by atoms with van der Waals surface area (Å²) in [5.74, 6) is -2.33. The van der Waals surface area contributed by atoms with Gasteiger partial charge >= 0.3 is 5.97 Å². The van der Waals surface area contributed by atoms with Crippen LogP contribution in [0.5, 0.6) is 0 Å². The number of amides is 3. The Bertz CT molecular complexity index is 1000. The molecule has 31 heavy (non-hydrogen) atoms. The largest absolute Gasteiger partial charge is 0.454 e. The molecule has 0 aromatic heterocycles. The summed E-state index contributed by atoms with van der Waals surface area (Å²) in [5, 5.41) is 2.87. The maximum atomic E-state index is 12.6. The second-order valence-electron chi connectivity index (χ2n) is 7.63. The van der Waals surface area contributed by atoms with Crippen molar-refractivity contribution in [3.05, 3.63) is 70.8 Å². The smallest absolute Gasteiger partial charge is 0.329 e. The Morgan fingerprint density at radius 3 is 2.39 bits per heavy atom. The number of rotatable bonds is 8. The first-order valence-electron chi connectivity index (χ1n) is 10.3. The zero-order chi connectivity index (χ0) is 22.5. The van der Waals surface area contributed by atoms with Gasteiger partial charge in [-0.05, 0) is 38.0 Å². The van der Waals surface area contributed by atoms with E-state index < -0.39 is 36.3 Å². The van der Waals surface area contributed by atoms with E-state index in [0.717, 1.165) is 28.9 Å². The average molecular weight is 422 g/mol. The normalized spacial score (nSPS) is 14.7. The molecule has 1 heterocycles. The number of imide groups is 1. The summed E-state index contributed by atoms with van der Waals surface area (Å²) < 4.78 is 5.12. The first-order chi connectivity index (χ1) is 14.8. The highest BCUT2D eigenvalue weighted by molar-refractivity contribution is 6.22. The summed E-state index contributed by atoms with van der Waals surface area (Å²) >= 11 is 0. The van der Waals surface area contributed by atoms with Gasteiger partial charge in [-0.2, -0.15) is 0 Å². The second-order valence-corrected chi connectivity index (χ2v) is 7.63. The molecule has 0 saturated carbocycles. The number of carbonyl (C=O) groups excluding carboxylic acids is 4. The molecule has 2 aromatic rings. The van der Waals surface area contributed by atoms with Crippen LogP contribution in [0.4, 0.5) is 0 Å². The number of esters is 1. The van der Waals surface area contributed by atoms with E-state index in [-0.39, 0.29) is 17.2 Å². The summed E-state index contributed by atoms with van der Waals surface area (Å²) in [5.41, 5.74) is 2.35. The lowest BCUT2D eigenvalue weighted by molar-refractivity contribution is -0.152. The molecule has 1 aliphatic rings. The van der Waals surface area contributed by atoms with Crippen LogP contribution in [0.3, 0.4) is 0 Å². The fourth-order valence-corrected chi connectivity index (χ4v) is 3.62. The average Bonchev–Trinajstić information content (AvgIpc) is 3.01. The van der Waals surface area contributed by atoms with Crippen molar-refractivity contribution in [3.8, 4) is 0 Å². The fourth-order valence-electron chi connectivity index (χ4n) is 3.62. The number of nitrogens with one attached hydrogen (secondary N) is 1. The Balaban J connectivity index is 1.59. The van der Waals surface area contributed by atoms with Crippen LogP contribution < -0.4 is 5.32 Å². The van der Waals surface area contributed by atoms with Gasteiger partial charge in [-0.15, -0.1) is 0 Å². The third kappa shape index (κ3) is 4.82. The number of benzene rings is 2. The molecule has 1 N–H and O–H groups in total. The Morgan fingerprint density at radius 2 is 1.71 bits per heavy atom. The van der Waals surface area contributed by atoms with Crippen molar-refractivity contribution in [1.29, 1.82) is 0 Å². The lowest BCUT2D eigenvalue weighted by Gasteiger charge is -2.22. The van der Waals surface area contributed by atoms with Gasteiger partial charge in [-0.25, -0.2) is 4.79 Å². The third-order valence-corrected chi connectivity index (χ3v) is 5.26. The SMILES string of the molecule is CCCC(NC(=O)COC(=O)C(C)N1C(=O)c2ccc(C)cc2C1=O)c1ccccc1. The molecular formula is C24H26N2O5. The first-order valence-corrected chi connectivity index (χ1v) is 10.3. The van der Waals surface area contributed by atoms with Gasteiger partial charge < -0.3 is 10.1 Å². The van der Waals surface area contributed by atoms with Gasteiger partial charge in [0.15, 0.2) is 6.61 Å². The molecule has 0 aliphatic carbocycles. The number of carbonyl (C=O) groups is 4. The molecule has 1 aliphatic heterocycles. The standard InChI is InChI=1S/C24H26N2O5/c1-4-8-20(17-9-6-5-7-10-17)25-21(27)14-31-24(30)16(3)26-22(28)18-12-11-15(2)13-19(18)23(26)29/h5-7,9-13,16,20H,4,8,14H2,1-3H3,(H,25,27). The molecule has 0 saturated heterocycles. The molecule has 2 atom stereocenters. The van der Waals surface area contributed by atoms with Crippen molar-refractivity contribution in [3.63, 3.8) is 0 Å². The van der Waals surface area contributed by atoms with Crippen molar-refractivity contribution in [2.45, 2.75) is 45.7 Å². The summed E-state index contributed by atoms with van der Waals surface area (Å²) in [6.45, 7) is 4.77. The highest BCUT2D eigenvalue weighted by atomic mass is 16.5. The van der Waals surface area contributed by atoms with Crippen molar-refractivity contribution >= 4 is 23.7 Å². The van der Waals surface area contributed by atoms with Gasteiger partial charge in [-0.1, -0.05) is 55.3 Å². The van der Waals surface area contributed by atoms with E-state index in [4.69, 9.17) is 4.74 Å². The summed E-state index contributed by atoms with van der Waals surface area (Å²) in [7, 11) is 0. The third-order valence-electron chi connectivity index (χ3n) is 5.26. The summed E-state index contributed by atoms with van der Waals surface area (Å²) in [4.78, 5) is 50.9. The molecule has 2 aromatic carbocycles. The molecule has 0 fully saturated rings. The summed E-state index contributed by atoms with van der Waals surface area (Å²) in [6.07, 6.45) is 1.62. The molecule has 3 rings (SSSR count). The van der Waals surface area contributed by atoms with Crippen molar-refractivity contribution < 1.29 is 23.9 Å². The predicted octanol–water partition coefficient (Wildman–Crippen LogP) is 3.18. The predicted molar refractivity (Wildman–Crippen MR) is 114 cm³/mol. The quantitative estimate of drug-likeness (QED) is 0.521. The number of nitrogens with zero attached hydrogens (tertiary/aromatic N) is 1. The van der Waals surface area contributed by atoms with Crippen LogP contribution in [0.1, 0.15) is 64.6 Å². The molecule has 7 heteroatoms. The zero-order valence-corrected chi connectivity index (χ0v) is 17.9. The van der Waals surface area contributed by atoms with Gasteiger partial charge in [-0.3, -0.25) is 19.3 Å². The lowest BCUT2D eigenvalue weighted by atomic mass is 10.0. The van der Waals surface area contributed by atoms with Gasteiger partial charge in [0.05, 0.1) is 17.2 Å². The fraction of sp³-hybridized carbons (Fsp3) is 0.333. The molecular weight excluding hydrogens is 396 g/mol. The monoisotopic (exact) mass is 422 g/mol. The van der Waals surface area contributed by atoms with Crippen LogP contribution in [0, 0.1) is 6.92 Å². The molecule has 2 unspecified atom stereocenters. The van der Waals surface area contributed by atoms with E-state index in [9.17, 15) is 19.2 Å². The minimum absolute atomic E-state index is 0.186. The Labute approximate surface area is 181 Å². The van der Waals surface area contributed by atoms with Crippen LogP contribution in [0.2, 0.25) is 0 Å². The first kappa shape index (κ1) is 22.2. The van der Waals surface area contributed by atoms with Crippen LogP contribution in [0.25, 0.3) is 0 Å². The minimum Gasteiger partial charge on any atom is -0.454 e. The number of aryl methyl sites for hydroxylation is 1. The Hall–Kier alpha value is -3.48. The second kappa shape index (κ2) is 9.55.